The Morgan fingerprint density at radius 1 is 1.05 bits per heavy atom. The predicted octanol–water partition coefficient (Wildman–Crippen LogP) is 2.00. The standard InChI is InChI=1S/C15H14O4Si/c1-5-17-20(18-6-2,19-7-3)12-11-14-9-8-10-15(13-14)16-4/h1-3,8-10,13H,11-12H2,4H3. The molecular weight excluding hydrogens is 272 g/mol. The zero-order valence-electron chi connectivity index (χ0n) is 11.1. The first kappa shape index (κ1) is 15.4. The molecule has 0 N–H and O–H groups in total. The van der Waals surface area contributed by atoms with Gasteiger partial charge in [-0.2, -0.15) is 0 Å². The molecule has 1 aromatic carbocycles. The van der Waals surface area contributed by atoms with Crippen LogP contribution in [0.3, 0.4) is 0 Å². The fraction of sp³-hybridized carbons (Fsp3) is 0.200. The zero-order chi connectivity index (χ0) is 14.8. The summed E-state index contributed by atoms with van der Waals surface area (Å²) in [6.07, 6.45) is 22.1. The maximum atomic E-state index is 5.15. The van der Waals surface area contributed by atoms with Crippen molar-refractivity contribution in [2.45, 2.75) is 12.5 Å². The van der Waals surface area contributed by atoms with Gasteiger partial charge in [0.15, 0.2) is 0 Å². The Hall–Kier alpha value is -2.68. The lowest BCUT2D eigenvalue weighted by Crippen LogP contribution is -2.42. The van der Waals surface area contributed by atoms with E-state index in [1.54, 1.807) is 7.11 Å². The molecule has 0 radical (unpaired) electrons. The first-order valence-corrected chi connectivity index (χ1v) is 7.66. The largest absolute Gasteiger partial charge is 0.725 e. The Bertz CT molecular complexity index is 522. The Labute approximate surface area is 120 Å². The van der Waals surface area contributed by atoms with E-state index in [1.165, 1.54) is 0 Å². The van der Waals surface area contributed by atoms with Gasteiger partial charge in [-0.3, -0.25) is 0 Å². The lowest BCUT2D eigenvalue weighted by atomic mass is 10.2. The maximum Gasteiger partial charge on any atom is 0.725 e. The Balaban J connectivity index is 2.82. The molecule has 1 rings (SSSR count). The summed E-state index contributed by atoms with van der Waals surface area (Å²) >= 11 is 0. The van der Waals surface area contributed by atoms with Crippen LogP contribution in [0.4, 0.5) is 0 Å². The second-order valence-electron chi connectivity index (χ2n) is 3.69. The van der Waals surface area contributed by atoms with Crippen LogP contribution < -0.4 is 4.74 Å². The van der Waals surface area contributed by atoms with Crippen molar-refractivity contribution >= 4 is 8.80 Å². The van der Waals surface area contributed by atoms with Crippen LogP contribution in [-0.4, -0.2) is 15.9 Å². The molecule has 0 amide bonds. The van der Waals surface area contributed by atoms with E-state index < -0.39 is 8.80 Å². The summed E-state index contributed by atoms with van der Waals surface area (Å²) in [5.41, 5.74) is 1.00. The normalized spacial score (nSPS) is 9.50. The Morgan fingerprint density at radius 2 is 1.65 bits per heavy atom. The molecule has 0 atom stereocenters. The topological polar surface area (TPSA) is 36.9 Å². The van der Waals surface area contributed by atoms with Crippen molar-refractivity contribution < 1.29 is 18.0 Å². The van der Waals surface area contributed by atoms with E-state index in [0.717, 1.165) is 11.3 Å². The molecule has 0 unspecified atom stereocenters. The highest BCUT2D eigenvalue weighted by molar-refractivity contribution is 6.61. The summed E-state index contributed by atoms with van der Waals surface area (Å²) < 4.78 is 20.4. The van der Waals surface area contributed by atoms with Gasteiger partial charge in [0, 0.05) is 0 Å². The van der Waals surface area contributed by atoms with Crippen LogP contribution in [0.15, 0.2) is 24.3 Å². The SMILES string of the molecule is C#CO[Si](CCc1cccc(OC)c1)(OC#C)OC#C. The number of rotatable bonds is 7. The van der Waals surface area contributed by atoms with Gasteiger partial charge in [-0.1, -0.05) is 31.4 Å². The van der Waals surface area contributed by atoms with Crippen molar-refractivity contribution in [3.8, 4) is 43.3 Å². The fourth-order valence-corrected chi connectivity index (χ4v) is 3.18. The van der Waals surface area contributed by atoms with Crippen molar-refractivity contribution in [3.05, 3.63) is 29.8 Å². The summed E-state index contributed by atoms with van der Waals surface area (Å²) in [5.74, 6) is 0.753. The second kappa shape index (κ2) is 7.69. The molecule has 0 aromatic heterocycles. The van der Waals surface area contributed by atoms with E-state index in [0.29, 0.717) is 12.5 Å². The molecule has 0 aliphatic rings. The lowest BCUT2D eigenvalue weighted by molar-refractivity contribution is 0.212. The summed E-state index contributed by atoms with van der Waals surface area (Å²) in [5, 5.41) is 0. The molecule has 0 saturated carbocycles. The van der Waals surface area contributed by atoms with Gasteiger partial charge >= 0.3 is 8.80 Å². The zero-order valence-corrected chi connectivity index (χ0v) is 12.1. The Kier molecular flexibility index (Phi) is 5.91. The molecular formula is C15H14O4Si. The molecule has 0 heterocycles. The van der Waals surface area contributed by atoms with Gasteiger partial charge in [0.1, 0.15) is 5.75 Å². The number of aryl methyl sites for hydroxylation is 1. The van der Waals surface area contributed by atoms with E-state index in [4.69, 9.17) is 37.3 Å². The maximum absolute atomic E-state index is 5.15. The highest BCUT2D eigenvalue weighted by Crippen LogP contribution is 2.20. The van der Waals surface area contributed by atoms with E-state index in [2.05, 4.69) is 0 Å². The molecule has 4 nitrogen and oxygen atoms in total. The molecule has 0 spiro atoms. The quantitative estimate of drug-likeness (QED) is 0.567. The fourth-order valence-electron chi connectivity index (χ4n) is 1.61. The van der Waals surface area contributed by atoms with Crippen molar-refractivity contribution in [3.63, 3.8) is 0 Å². The number of terminal acetylenes is 3. The van der Waals surface area contributed by atoms with Crippen LogP contribution >= 0.6 is 0 Å². The van der Waals surface area contributed by atoms with Gasteiger partial charge < -0.3 is 18.0 Å². The van der Waals surface area contributed by atoms with Gasteiger partial charge in [0.25, 0.3) is 0 Å². The number of methoxy groups -OCH3 is 1. The third-order valence-electron chi connectivity index (χ3n) is 2.50. The van der Waals surface area contributed by atoms with Crippen LogP contribution in [0.2, 0.25) is 6.04 Å². The molecule has 5 heteroatoms. The Morgan fingerprint density at radius 3 is 2.15 bits per heavy atom. The molecule has 0 fully saturated rings. The summed E-state index contributed by atoms with van der Waals surface area (Å²) in [6, 6.07) is 7.91. The number of hydrogen-bond acceptors (Lipinski definition) is 4. The number of hydrogen-bond donors (Lipinski definition) is 0. The van der Waals surface area contributed by atoms with E-state index in [-0.39, 0.29) is 0 Å². The minimum atomic E-state index is -3.26. The first-order chi connectivity index (χ1) is 9.69. The second-order valence-corrected chi connectivity index (χ2v) is 6.17. The highest BCUT2D eigenvalue weighted by atomic mass is 28.4. The van der Waals surface area contributed by atoms with Crippen molar-refractivity contribution in [2.24, 2.45) is 0 Å². The minimum absolute atomic E-state index is 0.360. The summed E-state index contributed by atoms with van der Waals surface area (Å²) in [7, 11) is -1.66. The van der Waals surface area contributed by atoms with Gasteiger partial charge in [-0.15, -0.1) is 0 Å². The molecule has 0 saturated heterocycles. The molecule has 1 aromatic rings. The predicted molar refractivity (Wildman–Crippen MR) is 77.0 cm³/mol. The van der Waals surface area contributed by atoms with Crippen LogP contribution in [0.1, 0.15) is 5.56 Å². The van der Waals surface area contributed by atoms with Gasteiger partial charge in [0.05, 0.1) is 31.5 Å². The number of ether oxygens (including phenoxy) is 1. The third kappa shape index (κ3) is 4.21. The first-order valence-electron chi connectivity index (χ1n) is 5.73. The average Bonchev–Trinajstić information content (AvgIpc) is 2.46. The minimum Gasteiger partial charge on any atom is -0.497 e. The molecule has 0 aliphatic carbocycles. The summed E-state index contributed by atoms with van der Waals surface area (Å²) in [6.45, 7) is 0. The van der Waals surface area contributed by atoms with Crippen LogP contribution in [0.5, 0.6) is 5.75 Å². The molecule has 20 heavy (non-hydrogen) atoms. The van der Waals surface area contributed by atoms with E-state index in [9.17, 15) is 0 Å². The van der Waals surface area contributed by atoms with E-state index in [1.807, 2.05) is 42.6 Å². The third-order valence-corrected chi connectivity index (χ3v) is 4.65. The molecule has 0 aliphatic heterocycles. The molecule has 102 valence electrons. The van der Waals surface area contributed by atoms with Crippen LogP contribution in [0, 0.1) is 37.6 Å². The van der Waals surface area contributed by atoms with Crippen molar-refractivity contribution in [1.29, 1.82) is 0 Å². The lowest BCUT2D eigenvalue weighted by Gasteiger charge is -2.20. The van der Waals surface area contributed by atoms with Crippen molar-refractivity contribution in [1.82, 2.24) is 0 Å². The number of benzene rings is 1. The monoisotopic (exact) mass is 286 g/mol. The van der Waals surface area contributed by atoms with Gasteiger partial charge in [-0.05, 0) is 24.1 Å². The average molecular weight is 286 g/mol. The van der Waals surface area contributed by atoms with Gasteiger partial charge in [0.2, 0.25) is 0 Å². The summed E-state index contributed by atoms with van der Waals surface area (Å²) in [4.78, 5) is 0. The molecule has 0 bridgehead atoms. The highest BCUT2D eigenvalue weighted by Gasteiger charge is 2.48. The van der Waals surface area contributed by atoms with Gasteiger partial charge in [-0.25, -0.2) is 0 Å². The van der Waals surface area contributed by atoms with Crippen LogP contribution in [-0.2, 0) is 19.7 Å². The smallest absolute Gasteiger partial charge is 0.497 e. The van der Waals surface area contributed by atoms with E-state index >= 15 is 0 Å². The van der Waals surface area contributed by atoms with Crippen molar-refractivity contribution in [2.75, 3.05) is 7.11 Å². The van der Waals surface area contributed by atoms with Crippen LogP contribution in [0.25, 0.3) is 0 Å².